The number of nitrogens with zero attached hydrogens (tertiary/aromatic N) is 2. The molecule has 256 valence electrons. The summed E-state index contributed by atoms with van der Waals surface area (Å²) in [5.74, 6) is -2.20. The summed E-state index contributed by atoms with van der Waals surface area (Å²) in [6, 6.07) is 6.68. The lowest BCUT2D eigenvalue weighted by molar-refractivity contribution is -0.152. The highest BCUT2D eigenvalue weighted by Gasteiger charge is 2.40. The zero-order valence-electron chi connectivity index (χ0n) is 26.6. The van der Waals surface area contributed by atoms with Crippen LogP contribution in [0.15, 0.2) is 36.7 Å². The average molecular weight is 669 g/mol. The molecule has 1 saturated heterocycles. The van der Waals surface area contributed by atoms with Gasteiger partial charge in [0.15, 0.2) is 5.69 Å². The Balaban J connectivity index is 1.74. The molecular weight excluding hydrogens is 623 g/mol. The van der Waals surface area contributed by atoms with Gasteiger partial charge in [0.1, 0.15) is 17.9 Å². The molecule has 5 atom stereocenters. The maximum Gasteiger partial charge on any atom is 0.459 e. The van der Waals surface area contributed by atoms with E-state index in [2.05, 4.69) is 10.1 Å². The maximum absolute atomic E-state index is 14.2. The third kappa shape index (κ3) is 11.7. The second-order valence-corrected chi connectivity index (χ2v) is 13.6. The predicted octanol–water partition coefficient (Wildman–Crippen LogP) is 2.94. The standard InChI is InChI=1S/C30H45N4O11P/c1-19(2)10-12-41-26(36)15-23(30(39)42-13-11-20(3)4)33-46(40,45-21-8-6-5-7-9-21)43-17-22-14-24(35)25(44-22)16-34-18-32-27(28(31)37)29(34)38/h5-9,18-20,22-25,35,38H,10-17H2,1-4H3,(H2,31,37)(H,33,40)/t22-,23-,24+,25-,46?/m0/s1. The number of aliphatic hydroxyl groups is 1. The molecule has 16 heteroatoms. The van der Waals surface area contributed by atoms with E-state index in [1.165, 1.54) is 23.0 Å². The molecule has 1 amide bonds. The number of aromatic nitrogens is 2. The molecule has 46 heavy (non-hydrogen) atoms. The number of rotatable bonds is 19. The largest absolute Gasteiger partial charge is 0.493 e. The summed E-state index contributed by atoms with van der Waals surface area (Å²) in [4.78, 5) is 41.0. The van der Waals surface area contributed by atoms with Gasteiger partial charge < -0.3 is 34.7 Å². The quantitative estimate of drug-likeness (QED) is 0.125. The molecule has 0 aliphatic carbocycles. The van der Waals surface area contributed by atoms with E-state index in [-0.39, 0.29) is 50.1 Å². The molecule has 0 bridgehead atoms. The van der Waals surface area contributed by atoms with E-state index >= 15 is 0 Å². The second kappa shape index (κ2) is 17.4. The Hall–Kier alpha value is -3.49. The summed E-state index contributed by atoms with van der Waals surface area (Å²) >= 11 is 0. The second-order valence-electron chi connectivity index (χ2n) is 11.9. The minimum absolute atomic E-state index is 0.0661. The van der Waals surface area contributed by atoms with Crippen LogP contribution in [0.2, 0.25) is 0 Å². The number of benzene rings is 1. The van der Waals surface area contributed by atoms with Crippen molar-refractivity contribution in [1.82, 2.24) is 14.6 Å². The molecule has 3 rings (SSSR count). The minimum Gasteiger partial charge on any atom is -0.493 e. The molecule has 1 aromatic heterocycles. The molecule has 0 radical (unpaired) electrons. The SMILES string of the molecule is CC(C)CCOC(=O)C[C@H](NP(=O)(OC[C@@H]1C[C@@H](O)[C@H](Cn2cnc(C(N)=O)c2O)O1)Oc1ccccc1)C(=O)OCCC(C)C. The third-order valence-corrected chi connectivity index (χ3v) is 8.56. The molecule has 1 aromatic carbocycles. The minimum atomic E-state index is -4.40. The lowest BCUT2D eigenvalue weighted by atomic mass is 10.1. The fraction of sp³-hybridized carbons (Fsp3) is 0.600. The fourth-order valence-electron chi connectivity index (χ4n) is 4.36. The molecule has 1 fully saturated rings. The van der Waals surface area contributed by atoms with Crippen molar-refractivity contribution in [2.24, 2.45) is 17.6 Å². The Morgan fingerprint density at radius 1 is 1.11 bits per heavy atom. The number of aliphatic hydroxyl groups excluding tert-OH is 1. The summed E-state index contributed by atoms with van der Waals surface area (Å²) in [5.41, 5.74) is 4.88. The summed E-state index contributed by atoms with van der Waals surface area (Å²) in [6.45, 7) is 7.73. The van der Waals surface area contributed by atoms with Gasteiger partial charge in [0.05, 0.1) is 51.3 Å². The van der Waals surface area contributed by atoms with E-state index < -0.39 is 62.2 Å². The highest BCUT2D eigenvalue weighted by atomic mass is 31.2. The van der Waals surface area contributed by atoms with Crippen LogP contribution in [0, 0.1) is 11.8 Å². The molecule has 1 unspecified atom stereocenters. The number of primary amides is 1. The highest BCUT2D eigenvalue weighted by molar-refractivity contribution is 7.52. The number of nitrogens with one attached hydrogen (secondary N) is 1. The van der Waals surface area contributed by atoms with Crippen LogP contribution in [0.3, 0.4) is 0 Å². The number of ether oxygens (including phenoxy) is 3. The first-order valence-corrected chi connectivity index (χ1v) is 16.8. The molecule has 2 heterocycles. The summed E-state index contributed by atoms with van der Waals surface area (Å²) in [7, 11) is -4.40. The van der Waals surface area contributed by atoms with Crippen LogP contribution in [-0.4, -0.2) is 81.8 Å². The number of amides is 1. The Morgan fingerprint density at radius 3 is 2.37 bits per heavy atom. The van der Waals surface area contributed by atoms with Crippen molar-refractivity contribution in [3.8, 4) is 11.6 Å². The molecule has 5 N–H and O–H groups in total. The third-order valence-electron chi connectivity index (χ3n) is 6.99. The number of esters is 2. The van der Waals surface area contributed by atoms with Gasteiger partial charge in [-0.15, -0.1) is 0 Å². The molecular formula is C30H45N4O11P. The Bertz CT molecular complexity index is 1340. The molecule has 15 nitrogen and oxygen atoms in total. The van der Waals surface area contributed by atoms with Gasteiger partial charge in [0.25, 0.3) is 5.91 Å². The smallest absolute Gasteiger partial charge is 0.459 e. The van der Waals surface area contributed by atoms with Gasteiger partial charge in [0, 0.05) is 6.42 Å². The summed E-state index contributed by atoms with van der Waals surface area (Å²) < 4.78 is 43.4. The van der Waals surface area contributed by atoms with Gasteiger partial charge in [-0.3, -0.25) is 23.5 Å². The molecule has 1 aliphatic heterocycles. The van der Waals surface area contributed by atoms with Crippen LogP contribution in [0.25, 0.3) is 0 Å². The topological polar surface area (TPSA) is 211 Å². The van der Waals surface area contributed by atoms with Crippen LogP contribution in [0.4, 0.5) is 0 Å². The van der Waals surface area contributed by atoms with Crippen molar-refractivity contribution in [2.45, 2.75) is 84.3 Å². The predicted molar refractivity (Wildman–Crippen MR) is 165 cm³/mol. The first-order chi connectivity index (χ1) is 21.8. The van der Waals surface area contributed by atoms with Gasteiger partial charge in [-0.25, -0.2) is 9.55 Å². The van der Waals surface area contributed by atoms with Crippen molar-refractivity contribution < 1.29 is 52.4 Å². The van der Waals surface area contributed by atoms with E-state index in [4.69, 9.17) is 29.0 Å². The molecule has 2 aromatic rings. The zero-order valence-corrected chi connectivity index (χ0v) is 27.5. The molecule has 0 spiro atoms. The molecule has 1 aliphatic rings. The monoisotopic (exact) mass is 668 g/mol. The van der Waals surface area contributed by atoms with Crippen LogP contribution in [0.1, 0.15) is 63.9 Å². The van der Waals surface area contributed by atoms with E-state index in [9.17, 15) is 29.2 Å². The Morgan fingerprint density at radius 2 is 1.76 bits per heavy atom. The average Bonchev–Trinajstić information content (AvgIpc) is 3.53. The zero-order chi connectivity index (χ0) is 33.9. The van der Waals surface area contributed by atoms with Gasteiger partial charge >= 0.3 is 19.7 Å². The van der Waals surface area contributed by atoms with Crippen molar-refractivity contribution in [2.75, 3.05) is 19.8 Å². The van der Waals surface area contributed by atoms with Crippen LogP contribution < -0.4 is 15.3 Å². The molecule has 0 saturated carbocycles. The highest BCUT2D eigenvalue weighted by Crippen LogP contribution is 2.46. The van der Waals surface area contributed by atoms with Crippen molar-refractivity contribution in [3.05, 3.63) is 42.4 Å². The van der Waals surface area contributed by atoms with Crippen molar-refractivity contribution in [3.63, 3.8) is 0 Å². The summed E-state index contributed by atoms with van der Waals surface area (Å²) in [5, 5.41) is 23.4. The van der Waals surface area contributed by atoms with Crippen LogP contribution in [-0.2, 0) is 39.4 Å². The number of carbonyl (C=O) groups is 3. The number of nitrogens with two attached hydrogens (primary N) is 1. The number of aromatic hydroxyl groups is 1. The van der Waals surface area contributed by atoms with E-state index in [1.807, 2.05) is 27.7 Å². The Kier molecular flexibility index (Phi) is 14.0. The van der Waals surface area contributed by atoms with E-state index in [0.29, 0.717) is 18.8 Å². The normalized spacial score (nSPS) is 19.9. The van der Waals surface area contributed by atoms with Gasteiger partial charge in [-0.05, 0) is 36.8 Å². The lowest BCUT2D eigenvalue weighted by Gasteiger charge is -2.25. The number of imidazole rings is 1. The number of carbonyl (C=O) groups excluding carboxylic acids is 3. The maximum atomic E-state index is 14.2. The number of hydrogen-bond donors (Lipinski definition) is 4. The lowest BCUT2D eigenvalue weighted by Crippen LogP contribution is -2.40. The first-order valence-electron chi connectivity index (χ1n) is 15.2. The number of para-hydroxylation sites is 1. The first kappa shape index (κ1) is 37.0. The van der Waals surface area contributed by atoms with Crippen LogP contribution >= 0.6 is 7.75 Å². The van der Waals surface area contributed by atoms with E-state index in [0.717, 1.165) is 0 Å². The Labute approximate surface area is 268 Å². The summed E-state index contributed by atoms with van der Waals surface area (Å²) in [6.07, 6.45) is -0.676. The van der Waals surface area contributed by atoms with Gasteiger partial charge in [-0.1, -0.05) is 45.9 Å². The van der Waals surface area contributed by atoms with Crippen LogP contribution in [0.5, 0.6) is 11.6 Å². The fourth-order valence-corrected chi connectivity index (χ4v) is 5.88. The van der Waals surface area contributed by atoms with Crippen molar-refractivity contribution in [1.29, 1.82) is 0 Å². The van der Waals surface area contributed by atoms with Crippen molar-refractivity contribution >= 4 is 25.6 Å². The number of hydrogen-bond acceptors (Lipinski definition) is 12. The van der Waals surface area contributed by atoms with Gasteiger partial charge in [0.2, 0.25) is 5.88 Å². The van der Waals surface area contributed by atoms with E-state index in [1.54, 1.807) is 18.2 Å². The van der Waals surface area contributed by atoms with Gasteiger partial charge in [-0.2, -0.15) is 5.09 Å².